The summed E-state index contributed by atoms with van der Waals surface area (Å²) in [6.07, 6.45) is 5.17. The van der Waals surface area contributed by atoms with E-state index >= 15 is 0 Å². The fraction of sp³-hybridized carbons (Fsp3) is 0.562. The number of aryl methyl sites for hydroxylation is 1. The minimum absolute atomic E-state index is 0.110. The summed E-state index contributed by atoms with van der Waals surface area (Å²) in [7, 11) is 1.61. The van der Waals surface area contributed by atoms with Gasteiger partial charge in [0.1, 0.15) is 11.5 Å². The van der Waals surface area contributed by atoms with Gasteiger partial charge in [0.15, 0.2) is 0 Å². The van der Waals surface area contributed by atoms with Crippen LogP contribution in [0.5, 0.6) is 11.5 Å². The van der Waals surface area contributed by atoms with E-state index in [0.717, 1.165) is 29.9 Å². The molecule has 0 heterocycles. The number of ether oxygens (including phenoxy) is 2. The molecule has 0 aliphatic carbocycles. The van der Waals surface area contributed by atoms with Crippen LogP contribution in [0.4, 0.5) is 0 Å². The van der Waals surface area contributed by atoms with Crippen LogP contribution >= 0.6 is 0 Å². The van der Waals surface area contributed by atoms with E-state index in [1.165, 1.54) is 12.8 Å². The summed E-state index contributed by atoms with van der Waals surface area (Å²) in [5, 5.41) is 8.77. The Morgan fingerprint density at radius 2 is 2.05 bits per heavy atom. The first-order valence-corrected chi connectivity index (χ1v) is 7.19. The van der Waals surface area contributed by atoms with Gasteiger partial charge in [0.05, 0.1) is 13.7 Å². The molecule has 1 rings (SSSR count). The molecule has 4 heteroatoms. The summed E-state index contributed by atoms with van der Waals surface area (Å²) >= 11 is 0. The van der Waals surface area contributed by atoms with Crippen LogP contribution in [0.2, 0.25) is 0 Å². The van der Waals surface area contributed by atoms with E-state index < -0.39 is 5.97 Å². The predicted molar refractivity (Wildman–Crippen MR) is 78.6 cm³/mol. The van der Waals surface area contributed by atoms with Gasteiger partial charge in [0, 0.05) is 12.5 Å². The Morgan fingerprint density at radius 1 is 1.25 bits per heavy atom. The molecule has 0 saturated heterocycles. The number of hydrogen-bond donors (Lipinski definition) is 1. The van der Waals surface area contributed by atoms with Crippen LogP contribution in [-0.4, -0.2) is 24.8 Å². The normalized spacial score (nSPS) is 10.3. The summed E-state index contributed by atoms with van der Waals surface area (Å²) in [4.78, 5) is 10.7. The van der Waals surface area contributed by atoms with Crippen molar-refractivity contribution in [3.63, 3.8) is 0 Å². The highest BCUT2D eigenvalue weighted by Crippen LogP contribution is 2.26. The number of carbonyl (C=O) groups is 1. The van der Waals surface area contributed by atoms with E-state index in [9.17, 15) is 4.79 Å². The average Bonchev–Trinajstić information content (AvgIpc) is 2.45. The third-order valence-corrected chi connectivity index (χ3v) is 3.14. The maximum Gasteiger partial charge on any atom is 0.303 e. The standard InChI is InChI=1S/C16H24O4/c1-3-4-5-6-11-20-15-12-14(19-2)9-7-13(15)8-10-16(17)18/h7,9,12H,3-6,8,10-11H2,1-2H3,(H,17,18). The molecule has 0 radical (unpaired) electrons. The second-order valence-electron chi connectivity index (χ2n) is 4.78. The fourth-order valence-corrected chi connectivity index (χ4v) is 1.96. The zero-order valence-corrected chi connectivity index (χ0v) is 12.4. The molecule has 1 N–H and O–H groups in total. The highest BCUT2D eigenvalue weighted by Gasteiger charge is 2.08. The molecule has 0 aliphatic heterocycles. The summed E-state index contributed by atoms with van der Waals surface area (Å²) < 4.78 is 11.0. The van der Waals surface area contributed by atoms with Crippen LogP contribution in [0, 0.1) is 0 Å². The molecule has 0 atom stereocenters. The zero-order chi connectivity index (χ0) is 14.8. The molecule has 0 fully saturated rings. The number of unbranched alkanes of at least 4 members (excludes halogenated alkanes) is 3. The highest BCUT2D eigenvalue weighted by atomic mass is 16.5. The van der Waals surface area contributed by atoms with Gasteiger partial charge in [0.25, 0.3) is 0 Å². The predicted octanol–water partition coefficient (Wildman–Crippen LogP) is 3.67. The Balaban J connectivity index is 2.60. The van der Waals surface area contributed by atoms with Crippen molar-refractivity contribution in [2.24, 2.45) is 0 Å². The quantitative estimate of drug-likeness (QED) is 0.664. The van der Waals surface area contributed by atoms with Crippen molar-refractivity contribution in [2.45, 2.75) is 45.4 Å². The van der Waals surface area contributed by atoms with Crippen molar-refractivity contribution in [3.05, 3.63) is 23.8 Å². The molecule has 0 amide bonds. The van der Waals surface area contributed by atoms with E-state index in [0.29, 0.717) is 13.0 Å². The average molecular weight is 280 g/mol. The lowest BCUT2D eigenvalue weighted by atomic mass is 10.1. The minimum Gasteiger partial charge on any atom is -0.497 e. The Bertz CT molecular complexity index is 415. The van der Waals surface area contributed by atoms with Gasteiger partial charge in [-0.2, -0.15) is 0 Å². The van der Waals surface area contributed by atoms with Crippen molar-refractivity contribution in [1.82, 2.24) is 0 Å². The maximum atomic E-state index is 10.7. The number of benzene rings is 1. The van der Waals surface area contributed by atoms with Gasteiger partial charge >= 0.3 is 5.97 Å². The van der Waals surface area contributed by atoms with Crippen LogP contribution in [-0.2, 0) is 11.2 Å². The summed E-state index contributed by atoms with van der Waals surface area (Å²) in [5.41, 5.74) is 0.920. The Morgan fingerprint density at radius 3 is 2.70 bits per heavy atom. The van der Waals surface area contributed by atoms with Crippen LogP contribution in [0.1, 0.15) is 44.6 Å². The lowest BCUT2D eigenvalue weighted by molar-refractivity contribution is -0.136. The number of hydrogen-bond acceptors (Lipinski definition) is 3. The van der Waals surface area contributed by atoms with Gasteiger partial charge in [-0.3, -0.25) is 4.79 Å². The van der Waals surface area contributed by atoms with E-state index in [-0.39, 0.29) is 6.42 Å². The number of carboxylic acid groups (broad SMARTS) is 1. The minimum atomic E-state index is -0.797. The Kier molecular flexibility index (Phi) is 7.55. The monoisotopic (exact) mass is 280 g/mol. The van der Waals surface area contributed by atoms with Crippen molar-refractivity contribution < 1.29 is 19.4 Å². The Labute approximate surface area is 120 Å². The van der Waals surface area contributed by atoms with Crippen LogP contribution in [0.15, 0.2) is 18.2 Å². The van der Waals surface area contributed by atoms with Gasteiger partial charge in [-0.1, -0.05) is 32.3 Å². The molecule has 0 bridgehead atoms. The van der Waals surface area contributed by atoms with Gasteiger partial charge in [-0.05, 0) is 24.5 Å². The molecule has 1 aromatic carbocycles. The van der Waals surface area contributed by atoms with Crippen molar-refractivity contribution >= 4 is 5.97 Å². The van der Waals surface area contributed by atoms with E-state index in [2.05, 4.69) is 6.92 Å². The van der Waals surface area contributed by atoms with Gasteiger partial charge in [0.2, 0.25) is 0 Å². The largest absolute Gasteiger partial charge is 0.497 e. The first kappa shape index (κ1) is 16.3. The van der Waals surface area contributed by atoms with E-state index in [1.807, 2.05) is 18.2 Å². The fourth-order valence-electron chi connectivity index (χ4n) is 1.96. The highest BCUT2D eigenvalue weighted by molar-refractivity contribution is 5.67. The van der Waals surface area contributed by atoms with Crippen molar-refractivity contribution in [3.8, 4) is 11.5 Å². The summed E-state index contributed by atoms with van der Waals surface area (Å²) in [6, 6.07) is 5.54. The lowest BCUT2D eigenvalue weighted by Crippen LogP contribution is -2.03. The molecule has 20 heavy (non-hydrogen) atoms. The van der Waals surface area contributed by atoms with E-state index in [1.54, 1.807) is 7.11 Å². The molecule has 0 spiro atoms. The van der Waals surface area contributed by atoms with Gasteiger partial charge < -0.3 is 14.6 Å². The zero-order valence-electron chi connectivity index (χ0n) is 12.4. The van der Waals surface area contributed by atoms with E-state index in [4.69, 9.17) is 14.6 Å². The van der Waals surface area contributed by atoms with Gasteiger partial charge in [-0.15, -0.1) is 0 Å². The van der Waals surface area contributed by atoms with Crippen molar-refractivity contribution in [1.29, 1.82) is 0 Å². The molecule has 0 unspecified atom stereocenters. The number of rotatable bonds is 10. The smallest absolute Gasteiger partial charge is 0.303 e. The van der Waals surface area contributed by atoms with Crippen LogP contribution in [0.25, 0.3) is 0 Å². The Hall–Kier alpha value is -1.71. The summed E-state index contributed by atoms with van der Waals surface area (Å²) in [5.74, 6) is 0.671. The number of aliphatic carboxylic acids is 1. The molecule has 1 aromatic rings. The SMILES string of the molecule is CCCCCCOc1cc(OC)ccc1CCC(=O)O. The third-order valence-electron chi connectivity index (χ3n) is 3.14. The molecule has 112 valence electrons. The topological polar surface area (TPSA) is 55.8 Å². The second-order valence-corrected chi connectivity index (χ2v) is 4.78. The number of methoxy groups -OCH3 is 1. The molecule has 0 saturated carbocycles. The van der Waals surface area contributed by atoms with Gasteiger partial charge in [-0.25, -0.2) is 0 Å². The lowest BCUT2D eigenvalue weighted by Gasteiger charge is -2.12. The molecule has 0 aromatic heterocycles. The molecule has 0 aliphatic rings. The third kappa shape index (κ3) is 5.95. The number of carboxylic acids is 1. The van der Waals surface area contributed by atoms with Crippen LogP contribution in [0.3, 0.4) is 0 Å². The summed E-state index contributed by atoms with van der Waals surface area (Å²) in [6.45, 7) is 2.83. The van der Waals surface area contributed by atoms with Crippen molar-refractivity contribution in [2.75, 3.05) is 13.7 Å². The molecule has 4 nitrogen and oxygen atoms in total. The second kappa shape index (κ2) is 9.23. The maximum absolute atomic E-state index is 10.7. The first-order chi connectivity index (χ1) is 9.67. The van der Waals surface area contributed by atoms with Crippen LogP contribution < -0.4 is 9.47 Å². The first-order valence-electron chi connectivity index (χ1n) is 7.19. The molecular weight excluding hydrogens is 256 g/mol. The molecular formula is C16H24O4.